The van der Waals surface area contributed by atoms with E-state index < -0.39 is 59.7 Å². The number of phosphoric ester groups is 2. The Morgan fingerprint density at radius 2 is 0.674 bits per heavy atom. The van der Waals surface area contributed by atoms with Crippen LogP contribution in [0.4, 0.5) is 4.79 Å². The number of unbranched alkanes of at least 4 members (excludes halogenated alkanes) is 36. The van der Waals surface area contributed by atoms with E-state index in [1.54, 1.807) is 0 Å². The average molecular weight is 1420 g/mol. The largest absolute Gasteiger partial charge is 1.00 e. The number of aliphatic hydroxyl groups excluding tert-OH is 1. The van der Waals surface area contributed by atoms with Crippen LogP contribution in [-0.2, 0) is 55.8 Å². The molecule has 556 valence electrons. The minimum Gasteiger partial charge on any atom is -1.00 e. The Morgan fingerprint density at radius 3 is 1.03 bits per heavy atom. The fraction of sp³-hybridized carbons (Fsp3) is 0.944. The fourth-order valence-corrected chi connectivity index (χ4v) is 12.5. The molecule has 0 aromatic heterocycles. The van der Waals surface area contributed by atoms with Gasteiger partial charge in [-0.25, -0.2) is 13.9 Å². The van der Waals surface area contributed by atoms with Crippen LogP contribution in [0.2, 0.25) is 0 Å². The predicted octanol–water partition coefficient (Wildman–Crippen LogP) is 11.9. The molecule has 0 saturated carbocycles. The molecule has 0 radical (unpaired) electrons. The maximum absolute atomic E-state index is 13.2. The molecule has 0 aromatic rings. The first kappa shape index (κ1) is 99.0. The zero-order chi connectivity index (χ0) is 68.4. The van der Waals surface area contributed by atoms with Gasteiger partial charge in [0.25, 0.3) is 0 Å². The van der Waals surface area contributed by atoms with Crippen LogP contribution in [0.1, 0.15) is 346 Å². The number of aliphatic hydroxyl groups is 1. The normalized spacial score (nSPS) is 13.9. The van der Waals surface area contributed by atoms with Gasteiger partial charge in [0.05, 0.1) is 64.4 Å². The number of phosphoric acid groups is 2. The SMILES string of the molecule is CCCCCCCCCCCCCC(=O)N[C@H](COCC[C@@H](CCCCCCC)OC(=O)CCCCCCCCCCC)COP(=O)(O)OCCNC(=O)NCCOP(=O)(O)OC[C@H](COCC[C@H](O)CCCCCCC)NC(=O)CCCCCCCCCCCCC.[H-].[H-].[Na+].[Na+]. The van der Waals surface area contributed by atoms with Crippen LogP contribution in [-0.4, -0.2) is 129 Å². The van der Waals surface area contributed by atoms with Crippen molar-refractivity contribution in [1.29, 1.82) is 0 Å². The van der Waals surface area contributed by atoms with Crippen LogP contribution >= 0.6 is 15.6 Å². The van der Waals surface area contributed by atoms with Crippen molar-refractivity contribution in [3.05, 3.63) is 0 Å². The van der Waals surface area contributed by atoms with Gasteiger partial charge in [-0.15, -0.1) is 0 Å². The number of amides is 4. The summed E-state index contributed by atoms with van der Waals surface area (Å²) in [6, 6.07) is -2.27. The topological polar surface area (TPSA) is 276 Å². The van der Waals surface area contributed by atoms with E-state index in [1.165, 1.54) is 135 Å². The first-order chi connectivity index (χ1) is 45.1. The third kappa shape index (κ3) is 72.0. The summed E-state index contributed by atoms with van der Waals surface area (Å²) in [6.07, 6.45) is 49.1. The van der Waals surface area contributed by atoms with Gasteiger partial charge in [-0.05, 0) is 44.9 Å². The molecule has 0 fully saturated rings. The number of carbonyl (C=O) groups excluding carboxylic acids is 4. The number of hydrogen-bond acceptors (Lipinski definition) is 14. The summed E-state index contributed by atoms with van der Waals surface area (Å²) < 4.78 is 64.7. The molecule has 7 N–H and O–H groups in total. The second kappa shape index (κ2) is 73.5. The second-order valence-corrected chi connectivity index (χ2v) is 28.9. The molecule has 0 rings (SSSR count). The number of esters is 1. The summed E-state index contributed by atoms with van der Waals surface area (Å²) >= 11 is 0. The van der Waals surface area contributed by atoms with E-state index in [9.17, 15) is 43.2 Å². The van der Waals surface area contributed by atoms with Crippen molar-refractivity contribution in [3.63, 3.8) is 0 Å². The first-order valence-corrected chi connectivity index (χ1v) is 41.0. The summed E-state index contributed by atoms with van der Waals surface area (Å²) in [5.74, 6) is -0.643. The number of hydrogen-bond donors (Lipinski definition) is 7. The summed E-state index contributed by atoms with van der Waals surface area (Å²) in [5, 5.41) is 21.2. The van der Waals surface area contributed by atoms with E-state index in [0.29, 0.717) is 38.5 Å². The van der Waals surface area contributed by atoms with E-state index >= 15 is 0 Å². The van der Waals surface area contributed by atoms with Crippen LogP contribution in [0.5, 0.6) is 0 Å². The molecule has 95 heavy (non-hydrogen) atoms. The summed E-state index contributed by atoms with van der Waals surface area (Å²) in [7, 11) is -9.33. The zero-order valence-corrected chi connectivity index (χ0v) is 67.7. The van der Waals surface area contributed by atoms with Crippen LogP contribution < -0.4 is 80.4 Å². The van der Waals surface area contributed by atoms with Crippen LogP contribution in [0.25, 0.3) is 0 Å². The molecule has 0 heterocycles. The molecule has 0 bridgehead atoms. The summed E-state index contributed by atoms with van der Waals surface area (Å²) in [5.41, 5.74) is 0. The summed E-state index contributed by atoms with van der Waals surface area (Å²) in [4.78, 5) is 72.9. The minimum atomic E-state index is -4.68. The quantitative estimate of drug-likeness (QED) is 0.0129. The predicted molar refractivity (Wildman–Crippen MR) is 378 cm³/mol. The Balaban J connectivity index is -0.00000705. The van der Waals surface area contributed by atoms with Crippen molar-refractivity contribution in [2.75, 3.05) is 65.9 Å². The molecular weight excluding hydrogens is 1270 g/mol. The van der Waals surface area contributed by atoms with Crippen molar-refractivity contribution < 1.29 is 137 Å². The monoisotopic (exact) mass is 1420 g/mol. The Bertz CT molecular complexity index is 1840. The van der Waals surface area contributed by atoms with Gasteiger partial charge >= 0.3 is 86.8 Å². The Morgan fingerprint density at radius 1 is 0.368 bits per heavy atom. The number of carbonyl (C=O) groups is 4. The van der Waals surface area contributed by atoms with Gasteiger partial charge in [0, 0.05) is 45.4 Å². The van der Waals surface area contributed by atoms with Crippen molar-refractivity contribution in [2.45, 2.75) is 367 Å². The molecule has 6 atom stereocenters. The van der Waals surface area contributed by atoms with Gasteiger partial charge in [-0.1, -0.05) is 272 Å². The van der Waals surface area contributed by atoms with E-state index in [1.807, 2.05) is 0 Å². The second-order valence-electron chi connectivity index (χ2n) is 26.0. The summed E-state index contributed by atoms with van der Waals surface area (Å²) in [6.45, 7) is 9.42. The molecule has 0 aliphatic rings. The van der Waals surface area contributed by atoms with Gasteiger partial charge in [0.15, 0.2) is 0 Å². The van der Waals surface area contributed by atoms with Gasteiger partial charge in [-0.3, -0.25) is 32.5 Å². The maximum atomic E-state index is 13.2. The van der Waals surface area contributed by atoms with E-state index in [4.69, 9.17) is 32.3 Å². The van der Waals surface area contributed by atoms with Crippen LogP contribution in [0.3, 0.4) is 0 Å². The number of urea groups is 1. The standard InChI is InChI=1S/C71H142N4O16P2.2Na.2H/c1-6-11-16-21-24-27-29-32-34-39-44-49-68(77)74-64(60-85-56-52-66(76)47-42-37-19-14-9-4)62-89-92(81,82)87-58-54-72-71(80)73-55-59-88-93(83,84)90-63-65(75-69(78)50-45-40-35-33-30-28-25-22-17-12-7-2)61-86-57-53-67(48-43-38-20-15-10-5)91-70(79)51-46-41-36-31-26-23-18-13-8-3;;;;/h64-67,76H,6-63H2,1-5H3,(H,74,77)(H,75,78)(H,81,82)(H,83,84)(H2,72,73,80);;;;/q;2*+1;2*-1/t64-,65+,66+,67+;;;;/m0..../s1. The fourth-order valence-electron chi connectivity index (χ4n) is 11.0. The average Bonchev–Trinajstić information content (AvgIpc) is 1.10. The van der Waals surface area contributed by atoms with Crippen molar-refractivity contribution in [1.82, 2.24) is 21.3 Å². The minimum absolute atomic E-state index is 0. The third-order valence-corrected chi connectivity index (χ3v) is 18.7. The van der Waals surface area contributed by atoms with E-state index in [2.05, 4.69) is 55.9 Å². The molecule has 0 aliphatic carbocycles. The zero-order valence-electron chi connectivity index (χ0n) is 63.9. The number of nitrogens with one attached hydrogen (secondary N) is 4. The van der Waals surface area contributed by atoms with Crippen molar-refractivity contribution in [3.8, 4) is 0 Å². The molecule has 20 nitrogen and oxygen atoms in total. The molecule has 0 saturated heterocycles. The van der Waals surface area contributed by atoms with Crippen LogP contribution in [0, 0.1) is 0 Å². The first-order valence-electron chi connectivity index (χ1n) is 38.0. The van der Waals surface area contributed by atoms with Gasteiger partial charge in [0.2, 0.25) is 11.8 Å². The molecule has 0 spiro atoms. The van der Waals surface area contributed by atoms with Crippen molar-refractivity contribution in [2.24, 2.45) is 0 Å². The van der Waals surface area contributed by atoms with Gasteiger partial charge in [0.1, 0.15) is 6.10 Å². The Hall–Kier alpha value is -0.220. The Labute approximate surface area is 626 Å². The molecule has 2 unspecified atom stereocenters. The van der Waals surface area contributed by atoms with Gasteiger partial charge in [-0.2, -0.15) is 0 Å². The molecule has 4 amide bonds. The maximum Gasteiger partial charge on any atom is 1.00 e. The molecule has 24 heteroatoms. The van der Waals surface area contributed by atoms with Crippen molar-refractivity contribution >= 4 is 39.5 Å². The third-order valence-electron chi connectivity index (χ3n) is 16.8. The van der Waals surface area contributed by atoms with Gasteiger partial charge < -0.3 is 53.2 Å². The molecule has 0 aliphatic heterocycles. The van der Waals surface area contributed by atoms with Crippen LogP contribution in [0.15, 0.2) is 0 Å². The smallest absolute Gasteiger partial charge is 1.00 e. The molecule has 0 aromatic carbocycles. The number of ether oxygens (including phenoxy) is 3. The molecular formula is C71H144N4Na2O16P2. The number of rotatable bonds is 73. The van der Waals surface area contributed by atoms with E-state index in [-0.39, 0.29) is 138 Å². The Kier molecular flexibility index (Phi) is 76.6. The van der Waals surface area contributed by atoms with E-state index in [0.717, 1.165) is 128 Å².